The number of nitrogens with zero attached hydrogens (tertiary/aromatic N) is 3. The third-order valence-electron chi connectivity index (χ3n) is 5.88. The summed E-state index contributed by atoms with van der Waals surface area (Å²) in [6, 6.07) is 11.6. The van der Waals surface area contributed by atoms with E-state index < -0.39 is 10.0 Å². The van der Waals surface area contributed by atoms with Crippen molar-refractivity contribution in [1.29, 1.82) is 0 Å². The van der Waals surface area contributed by atoms with E-state index in [9.17, 15) is 13.2 Å². The molecule has 1 amide bonds. The van der Waals surface area contributed by atoms with E-state index in [1.54, 1.807) is 12.0 Å². The molecule has 0 saturated carbocycles. The van der Waals surface area contributed by atoms with Crippen LogP contribution in [0.4, 0.5) is 5.13 Å². The molecule has 0 spiro atoms. The summed E-state index contributed by atoms with van der Waals surface area (Å²) in [5.74, 6) is 0.360. The third kappa shape index (κ3) is 5.36. The standard InChI is InChI=1S/C26H29N3O5S2/c1-4-15-28(16-5-2)36(31,32)21-13-11-19(12-14-21)25(30)29(18-20-8-7-17-34-20)26-27-24-22(33-3)9-6-10-23(24)35-26/h4-6,9-14,20H,1-2,7-8,15-18H2,3H3. The number of para-hydroxylation sites is 1. The van der Waals surface area contributed by atoms with Crippen molar-refractivity contribution in [1.82, 2.24) is 9.29 Å². The highest BCUT2D eigenvalue weighted by Gasteiger charge is 2.28. The molecule has 1 unspecified atom stereocenters. The van der Waals surface area contributed by atoms with Crippen molar-refractivity contribution in [2.75, 3.05) is 38.3 Å². The number of fused-ring (bicyclic) bond motifs is 1. The lowest BCUT2D eigenvalue weighted by Gasteiger charge is -2.23. The highest BCUT2D eigenvalue weighted by Crippen LogP contribution is 2.35. The SMILES string of the molecule is C=CCN(CC=C)S(=O)(=O)c1ccc(C(=O)N(CC2CCCO2)c2nc3c(OC)cccc3s2)cc1. The fourth-order valence-corrected chi connectivity index (χ4v) is 6.44. The molecular formula is C26H29N3O5S2. The second-order valence-electron chi connectivity index (χ2n) is 8.28. The molecule has 2 heterocycles. The first-order valence-corrected chi connectivity index (χ1v) is 13.8. The number of anilines is 1. The normalized spacial score (nSPS) is 15.8. The van der Waals surface area contributed by atoms with Gasteiger partial charge >= 0.3 is 0 Å². The van der Waals surface area contributed by atoms with Gasteiger partial charge in [-0.3, -0.25) is 9.69 Å². The lowest BCUT2D eigenvalue weighted by Crippen LogP contribution is -2.37. The monoisotopic (exact) mass is 527 g/mol. The molecule has 4 rings (SSSR count). The van der Waals surface area contributed by atoms with E-state index in [4.69, 9.17) is 14.5 Å². The number of methoxy groups -OCH3 is 1. The van der Waals surface area contributed by atoms with Gasteiger partial charge in [-0.1, -0.05) is 29.6 Å². The molecule has 10 heteroatoms. The first-order valence-electron chi connectivity index (χ1n) is 11.6. The molecule has 0 bridgehead atoms. The molecule has 1 aliphatic rings. The van der Waals surface area contributed by atoms with Crippen molar-refractivity contribution in [3.8, 4) is 5.75 Å². The van der Waals surface area contributed by atoms with Gasteiger partial charge in [0.1, 0.15) is 11.3 Å². The van der Waals surface area contributed by atoms with Gasteiger partial charge in [-0.05, 0) is 49.2 Å². The Bertz CT molecular complexity index is 1340. The van der Waals surface area contributed by atoms with Gasteiger partial charge in [0.15, 0.2) is 5.13 Å². The maximum absolute atomic E-state index is 13.7. The van der Waals surface area contributed by atoms with Crippen LogP contribution in [0.15, 0.2) is 72.7 Å². The lowest BCUT2D eigenvalue weighted by atomic mass is 10.2. The summed E-state index contributed by atoms with van der Waals surface area (Å²) < 4.78 is 39.5. The fraction of sp³-hybridized carbons (Fsp3) is 0.308. The molecule has 1 aliphatic heterocycles. The smallest absolute Gasteiger partial charge is 0.260 e. The van der Waals surface area contributed by atoms with E-state index in [2.05, 4.69) is 13.2 Å². The largest absolute Gasteiger partial charge is 0.494 e. The van der Waals surface area contributed by atoms with Crippen molar-refractivity contribution in [2.24, 2.45) is 0 Å². The first kappa shape index (κ1) is 26.0. The summed E-state index contributed by atoms with van der Waals surface area (Å²) in [7, 11) is -2.17. The second-order valence-corrected chi connectivity index (χ2v) is 11.2. The van der Waals surface area contributed by atoms with Crippen LogP contribution in [0.1, 0.15) is 23.2 Å². The highest BCUT2D eigenvalue weighted by molar-refractivity contribution is 7.89. The Kier molecular flexibility index (Phi) is 8.20. The summed E-state index contributed by atoms with van der Waals surface area (Å²) in [5, 5.41) is 0.537. The Morgan fingerprint density at radius 1 is 1.19 bits per heavy atom. The first-order chi connectivity index (χ1) is 17.4. The number of thiazole rings is 1. The van der Waals surface area contributed by atoms with E-state index >= 15 is 0 Å². The highest BCUT2D eigenvalue weighted by atomic mass is 32.2. The van der Waals surface area contributed by atoms with Crippen molar-refractivity contribution in [3.63, 3.8) is 0 Å². The zero-order valence-corrected chi connectivity index (χ0v) is 21.8. The molecule has 1 saturated heterocycles. The summed E-state index contributed by atoms with van der Waals surface area (Å²) in [4.78, 5) is 20.1. The van der Waals surface area contributed by atoms with Crippen LogP contribution in [-0.2, 0) is 14.8 Å². The minimum Gasteiger partial charge on any atom is -0.494 e. The van der Waals surface area contributed by atoms with Crippen LogP contribution in [0.2, 0.25) is 0 Å². The van der Waals surface area contributed by atoms with E-state index in [1.165, 1.54) is 52.1 Å². The third-order valence-corrected chi connectivity index (χ3v) is 8.77. The average Bonchev–Trinajstić information content (AvgIpc) is 3.56. The Morgan fingerprint density at radius 2 is 1.92 bits per heavy atom. The number of carbonyl (C=O) groups is 1. The number of benzene rings is 2. The average molecular weight is 528 g/mol. The molecule has 1 fully saturated rings. The van der Waals surface area contributed by atoms with Crippen molar-refractivity contribution < 1.29 is 22.7 Å². The van der Waals surface area contributed by atoms with Gasteiger partial charge in [-0.15, -0.1) is 13.2 Å². The summed E-state index contributed by atoms with van der Waals surface area (Å²) in [6.45, 7) is 8.60. The molecule has 0 aliphatic carbocycles. The van der Waals surface area contributed by atoms with Gasteiger partial charge in [-0.2, -0.15) is 4.31 Å². The quantitative estimate of drug-likeness (QED) is 0.341. The van der Waals surface area contributed by atoms with Crippen LogP contribution >= 0.6 is 11.3 Å². The van der Waals surface area contributed by atoms with Gasteiger partial charge < -0.3 is 9.47 Å². The minimum atomic E-state index is -3.76. The van der Waals surface area contributed by atoms with Gasteiger partial charge in [-0.25, -0.2) is 13.4 Å². The van der Waals surface area contributed by atoms with E-state index in [0.29, 0.717) is 35.1 Å². The Labute approximate surface area is 215 Å². The fourth-order valence-electron chi connectivity index (χ4n) is 4.06. The van der Waals surface area contributed by atoms with Crippen LogP contribution in [0.25, 0.3) is 10.2 Å². The van der Waals surface area contributed by atoms with Crippen LogP contribution in [-0.4, -0.2) is 63.1 Å². The van der Waals surface area contributed by atoms with Gasteiger partial charge in [0, 0.05) is 25.3 Å². The zero-order chi connectivity index (χ0) is 25.7. The molecule has 36 heavy (non-hydrogen) atoms. The van der Waals surface area contributed by atoms with Gasteiger partial charge in [0.25, 0.3) is 5.91 Å². The van der Waals surface area contributed by atoms with E-state index in [1.807, 2.05) is 18.2 Å². The predicted octanol–water partition coefficient (Wildman–Crippen LogP) is 4.49. The van der Waals surface area contributed by atoms with E-state index in [-0.39, 0.29) is 30.0 Å². The number of rotatable bonds is 11. The van der Waals surface area contributed by atoms with Gasteiger partial charge in [0.05, 0.1) is 29.4 Å². The molecule has 8 nitrogen and oxygen atoms in total. The number of hydrogen-bond donors (Lipinski definition) is 0. The van der Waals surface area contributed by atoms with Crippen LogP contribution < -0.4 is 9.64 Å². The molecule has 0 N–H and O–H groups in total. The van der Waals surface area contributed by atoms with Crippen LogP contribution in [0.5, 0.6) is 5.75 Å². The molecule has 190 valence electrons. The zero-order valence-electron chi connectivity index (χ0n) is 20.1. The van der Waals surface area contributed by atoms with Crippen molar-refractivity contribution in [2.45, 2.75) is 23.8 Å². The summed E-state index contributed by atoms with van der Waals surface area (Å²) in [5.41, 5.74) is 1.05. The minimum absolute atomic E-state index is 0.0890. The Morgan fingerprint density at radius 3 is 2.53 bits per heavy atom. The van der Waals surface area contributed by atoms with Crippen molar-refractivity contribution in [3.05, 3.63) is 73.3 Å². The Balaban J connectivity index is 1.66. The maximum Gasteiger partial charge on any atom is 0.260 e. The predicted molar refractivity (Wildman–Crippen MR) is 142 cm³/mol. The lowest BCUT2D eigenvalue weighted by molar-refractivity contribution is 0.0917. The summed E-state index contributed by atoms with van der Waals surface area (Å²) in [6.07, 6.45) is 4.76. The molecule has 2 aromatic carbocycles. The number of ether oxygens (including phenoxy) is 2. The van der Waals surface area contributed by atoms with Gasteiger partial charge in [0.2, 0.25) is 10.0 Å². The number of amides is 1. The van der Waals surface area contributed by atoms with Crippen LogP contribution in [0.3, 0.4) is 0 Å². The molecular weight excluding hydrogens is 498 g/mol. The number of aromatic nitrogens is 1. The van der Waals surface area contributed by atoms with Crippen molar-refractivity contribution >= 4 is 42.6 Å². The maximum atomic E-state index is 13.7. The Hall–Kier alpha value is -3.05. The number of sulfonamides is 1. The molecule has 0 radical (unpaired) electrons. The second kappa shape index (κ2) is 11.3. The van der Waals surface area contributed by atoms with E-state index in [0.717, 1.165) is 17.5 Å². The summed E-state index contributed by atoms with van der Waals surface area (Å²) >= 11 is 1.40. The molecule has 1 aromatic heterocycles. The van der Waals surface area contributed by atoms with Crippen LogP contribution in [0, 0.1) is 0 Å². The molecule has 3 aromatic rings. The number of hydrogen-bond acceptors (Lipinski definition) is 7. The topological polar surface area (TPSA) is 89.0 Å². The number of carbonyl (C=O) groups excluding carboxylic acids is 1. The molecule has 1 atom stereocenters.